The van der Waals surface area contributed by atoms with Crippen LogP contribution in [-0.2, 0) is 20.1 Å². The van der Waals surface area contributed by atoms with Crippen LogP contribution >= 0.6 is 0 Å². The molecule has 9 aromatic rings. The molecule has 0 amide bonds. The first-order valence-corrected chi connectivity index (χ1v) is 23.0. The van der Waals surface area contributed by atoms with E-state index in [1.165, 1.54) is 22.0 Å². The van der Waals surface area contributed by atoms with E-state index in [2.05, 4.69) is 130 Å². The molecule has 0 saturated carbocycles. The van der Waals surface area contributed by atoms with Crippen LogP contribution in [0.3, 0.4) is 0 Å². The SMILES string of the molecule is CC(C)c1cccc(C(C)C)c1-n1c(-c2[c-]ccc3c2oc2ccccc23)nc2ccccc21.Cc1ccc(-c2cc(-c3[c-]cccc3)ncc2[Si](C)(C)C)o1.[Ir]. The summed E-state index contributed by atoms with van der Waals surface area (Å²) in [6.07, 6.45) is 2.02. The smallest absolute Gasteiger partial charge is 0.133 e. The third kappa shape index (κ3) is 7.72. The largest absolute Gasteiger partial charge is 0.501 e. The molecule has 5 nitrogen and oxygen atoms in total. The molecule has 0 spiro atoms. The minimum absolute atomic E-state index is 0. The number of furan rings is 2. The van der Waals surface area contributed by atoms with Crippen LogP contribution in [0.5, 0.6) is 0 Å². The first-order chi connectivity index (χ1) is 27.0. The normalized spacial score (nSPS) is 11.7. The monoisotopic (exact) mass is 942 g/mol. The topological polar surface area (TPSA) is 57.0 Å². The molecule has 0 aliphatic rings. The van der Waals surface area contributed by atoms with Crippen molar-refractivity contribution < 1.29 is 28.9 Å². The van der Waals surface area contributed by atoms with Gasteiger partial charge in [0.1, 0.15) is 17.1 Å². The van der Waals surface area contributed by atoms with E-state index in [0.29, 0.717) is 11.8 Å². The Morgan fingerprint density at radius 2 is 1.42 bits per heavy atom. The molecule has 57 heavy (non-hydrogen) atoms. The first kappa shape index (κ1) is 39.9. The Bertz CT molecular complexity index is 2800. The van der Waals surface area contributed by atoms with Crippen LogP contribution < -0.4 is 5.19 Å². The summed E-state index contributed by atoms with van der Waals surface area (Å²) < 4.78 is 14.6. The van der Waals surface area contributed by atoms with Gasteiger partial charge < -0.3 is 18.4 Å². The number of imidazole rings is 1. The van der Waals surface area contributed by atoms with Crippen molar-refractivity contribution in [2.45, 2.75) is 66.1 Å². The van der Waals surface area contributed by atoms with Crippen LogP contribution in [-0.4, -0.2) is 22.6 Å². The van der Waals surface area contributed by atoms with Gasteiger partial charge in [0.2, 0.25) is 0 Å². The Morgan fingerprint density at radius 1 is 0.702 bits per heavy atom. The number of para-hydroxylation sites is 4. The number of hydrogen-bond acceptors (Lipinski definition) is 4. The van der Waals surface area contributed by atoms with Gasteiger partial charge in [-0.2, -0.15) is 0 Å². The van der Waals surface area contributed by atoms with Gasteiger partial charge in [-0.25, -0.2) is 0 Å². The third-order valence-corrected chi connectivity index (χ3v) is 12.4. The molecular formula is C50H47IrN3O2Si-2. The summed E-state index contributed by atoms with van der Waals surface area (Å²) in [6.45, 7) is 18.0. The van der Waals surface area contributed by atoms with Crippen molar-refractivity contribution in [1.82, 2.24) is 14.5 Å². The van der Waals surface area contributed by atoms with Crippen molar-refractivity contribution in [2.75, 3.05) is 0 Å². The van der Waals surface area contributed by atoms with Crippen molar-refractivity contribution in [1.29, 1.82) is 0 Å². The molecule has 4 aromatic heterocycles. The van der Waals surface area contributed by atoms with Crippen LogP contribution in [0.25, 0.3) is 72.6 Å². The Morgan fingerprint density at radius 3 is 2.11 bits per heavy atom. The Kier molecular flexibility index (Phi) is 11.4. The van der Waals surface area contributed by atoms with Crippen LogP contribution in [0, 0.1) is 19.1 Å². The molecule has 5 aromatic carbocycles. The van der Waals surface area contributed by atoms with Gasteiger partial charge >= 0.3 is 0 Å². The van der Waals surface area contributed by atoms with Crippen molar-refractivity contribution in [2.24, 2.45) is 0 Å². The first-order valence-electron chi connectivity index (χ1n) is 19.5. The molecule has 0 aliphatic heterocycles. The van der Waals surface area contributed by atoms with E-state index in [0.717, 1.165) is 72.7 Å². The maximum Gasteiger partial charge on any atom is 0.133 e. The van der Waals surface area contributed by atoms with E-state index in [4.69, 9.17) is 13.8 Å². The molecule has 0 N–H and O–H groups in total. The molecule has 1 radical (unpaired) electrons. The number of pyridine rings is 1. The predicted octanol–water partition coefficient (Wildman–Crippen LogP) is 13.3. The fourth-order valence-electron chi connectivity index (χ4n) is 7.58. The Balaban J connectivity index is 0.000000188. The minimum atomic E-state index is -1.51. The van der Waals surface area contributed by atoms with E-state index in [9.17, 15) is 0 Å². The predicted molar refractivity (Wildman–Crippen MR) is 235 cm³/mol. The van der Waals surface area contributed by atoms with E-state index in [1.807, 2.05) is 73.8 Å². The summed E-state index contributed by atoms with van der Waals surface area (Å²) in [4.78, 5) is 9.82. The summed E-state index contributed by atoms with van der Waals surface area (Å²) in [7, 11) is -1.51. The summed E-state index contributed by atoms with van der Waals surface area (Å²) in [5.41, 5.74) is 11.6. The van der Waals surface area contributed by atoms with Crippen molar-refractivity contribution in [3.8, 4) is 39.7 Å². The van der Waals surface area contributed by atoms with Crippen LogP contribution in [0.2, 0.25) is 19.6 Å². The maximum atomic E-state index is 6.40. The summed E-state index contributed by atoms with van der Waals surface area (Å²) in [5, 5.41) is 3.52. The number of fused-ring (bicyclic) bond motifs is 4. The molecule has 0 fully saturated rings. The van der Waals surface area contributed by atoms with Gasteiger partial charge in [-0.1, -0.05) is 113 Å². The number of hydrogen-bond donors (Lipinski definition) is 0. The van der Waals surface area contributed by atoms with Gasteiger partial charge in [0.15, 0.2) is 0 Å². The van der Waals surface area contributed by atoms with Crippen molar-refractivity contribution in [3.63, 3.8) is 0 Å². The maximum absolute atomic E-state index is 6.40. The van der Waals surface area contributed by atoms with Gasteiger partial charge in [0.25, 0.3) is 0 Å². The Hall–Kier alpha value is -5.33. The van der Waals surface area contributed by atoms with Gasteiger partial charge in [-0.05, 0) is 71.1 Å². The number of benzene rings is 5. The molecule has 0 bridgehead atoms. The molecule has 0 unspecified atom stereocenters. The minimum Gasteiger partial charge on any atom is -0.501 e. The van der Waals surface area contributed by atoms with Crippen molar-refractivity contribution in [3.05, 3.63) is 157 Å². The molecule has 0 atom stereocenters. The second kappa shape index (κ2) is 16.3. The number of rotatable bonds is 7. The summed E-state index contributed by atoms with van der Waals surface area (Å²) >= 11 is 0. The van der Waals surface area contributed by atoms with Gasteiger partial charge in [-0.15, -0.1) is 54.1 Å². The molecule has 289 valence electrons. The standard InChI is InChI=1S/C31H27N2O.C19H20NOSi.Ir/c1-19(2)21-12-9-13-22(20(3)4)29(21)33-27-17-7-6-16-26(27)32-31(33)25-15-10-14-24-23-11-5-8-18-28(23)34-30(24)25;1-14-10-11-18(21-14)16-12-17(15-8-6-5-7-9-15)20-13-19(16)22(2,3)4;/h5-14,16-20H,1-4H3;5-8,10-13H,1-4H3;/q2*-1;. The summed E-state index contributed by atoms with van der Waals surface area (Å²) in [6, 6.07) is 48.2. The number of nitrogens with zero attached hydrogens (tertiary/aromatic N) is 3. The van der Waals surface area contributed by atoms with E-state index in [1.54, 1.807) is 0 Å². The van der Waals surface area contributed by atoms with Crippen LogP contribution in [0.1, 0.15) is 56.4 Å². The zero-order valence-electron chi connectivity index (χ0n) is 33.8. The zero-order valence-corrected chi connectivity index (χ0v) is 37.2. The molecular weight excluding hydrogens is 895 g/mol. The van der Waals surface area contributed by atoms with Crippen LogP contribution in [0.15, 0.2) is 136 Å². The van der Waals surface area contributed by atoms with E-state index < -0.39 is 8.07 Å². The second-order valence-electron chi connectivity index (χ2n) is 16.1. The number of aryl methyl sites for hydroxylation is 1. The average Bonchev–Trinajstić information content (AvgIpc) is 3.92. The van der Waals surface area contributed by atoms with Gasteiger partial charge in [0, 0.05) is 42.9 Å². The van der Waals surface area contributed by atoms with Gasteiger partial charge in [0.05, 0.1) is 30.5 Å². The molecule has 0 saturated heterocycles. The van der Waals surface area contributed by atoms with Crippen molar-refractivity contribution >= 4 is 46.2 Å². The molecule has 7 heteroatoms. The molecule has 4 heterocycles. The van der Waals surface area contributed by atoms with E-state index >= 15 is 0 Å². The quantitative estimate of drug-likeness (QED) is 0.118. The average molecular weight is 942 g/mol. The Labute approximate surface area is 350 Å². The van der Waals surface area contributed by atoms with Gasteiger partial charge in [-0.3, -0.25) is 4.98 Å². The third-order valence-electron chi connectivity index (χ3n) is 10.4. The molecule has 9 rings (SSSR count). The fourth-order valence-corrected chi connectivity index (χ4v) is 9.04. The zero-order chi connectivity index (χ0) is 39.1. The fraction of sp³-hybridized carbons (Fsp3) is 0.200. The summed E-state index contributed by atoms with van der Waals surface area (Å²) in [5.74, 6) is 3.46. The van der Waals surface area contributed by atoms with E-state index in [-0.39, 0.29) is 20.1 Å². The second-order valence-corrected chi connectivity index (χ2v) is 21.1. The van der Waals surface area contributed by atoms with Crippen LogP contribution in [0.4, 0.5) is 0 Å². The molecule has 0 aliphatic carbocycles. The number of aromatic nitrogens is 3.